The highest BCUT2D eigenvalue weighted by molar-refractivity contribution is 5.79. The van der Waals surface area contributed by atoms with Crippen LogP contribution in [0.15, 0.2) is 18.3 Å². The van der Waals surface area contributed by atoms with E-state index in [1.165, 1.54) is 16.6 Å². The van der Waals surface area contributed by atoms with Crippen LogP contribution < -0.4 is 0 Å². The summed E-state index contributed by atoms with van der Waals surface area (Å²) in [7, 11) is 0. The zero-order chi connectivity index (χ0) is 16.2. The molecule has 2 heterocycles. The third-order valence-electron chi connectivity index (χ3n) is 3.95. The van der Waals surface area contributed by atoms with Gasteiger partial charge in [0.15, 0.2) is 0 Å². The third-order valence-corrected chi connectivity index (χ3v) is 3.95. The summed E-state index contributed by atoms with van der Waals surface area (Å²) in [6, 6.07) is 4.63. The molecule has 21 heavy (non-hydrogen) atoms. The molecule has 0 unspecified atom stereocenters. The van der Waals surface area contributed by atoms with E-state index in [2.05, 4.69) is 79.0 Å². The van der Waals surface area contributed by atoms with Gasteiger partial charge in [-0.05, 0) is 43.9 Å². The number of nitrogens with zero attached hydrogens (tertiary/aromatic N) is 2. The summed E-state index contributed by atoms with van der Waals surface area (Å²) in [6.45, 7) is 20.3. The molecule has 2 aromatic heterocycles. The van der Waals surface area contributed by atoms with E-state index in [-0.39, 0.29) is 16.4 Å². The molecule has 0 saturated heterocycles. The predicted molar refractivity (Wildman–Crippen MR) is 92.1 cm³/mol. The molecule has 2 nitrogen and oxygen atoms in total. The summed E-state index contributed by atoms with van der Waals surface area (Å²) in [5.74, 6) is 0. The third kappa shape index (κ3) is 3.00. The SMILES string of the molecule is CC(C)(C)c1cnc2c(c1)cc(C(C)(C)C)n2C(C)(C)C. The maximum absolute atomic E-state index is 4.81. The monoisotopic (exact) mass is 286 g/mol. The fourth-order valence-corrected chi connectivity index (χ4v) is 2.73. The Balaban J connectivity index is 2.80. The van der Waals surface area contributed by atoms with Gasteiger partial charge >= 0.3 is 0 Å². The molecule has 0 N–H and O–H groups in total. The summed E-state index contributed by atoms with van der Waals surface area (Å²) in [4.78, 5) is 4.81. The van der Waals surface area contributed by atoms with E-state index in [0.29, 0.717) is 0 Å². The average Bonchev–Trinajstić information content (AvgIpc) is 2.64. The van der Waals surface area contributed by atoms with Gasteiger partial charge in [-0.1, -0.05) is 41.5 Å². The first-order valence-electron chi connectivity index (χ1n) is 7.85. The van der Waals surface area contributed by atoms with Crippen molar-refractivity contribution in [3.05, 3.63) is 29.6 Å². The molecule has 2 rings (SSSR count). The fraction of sp³-hybridized carbons (Fsp3) is 0.632. The molecular formula is C19H30N2. The highest BCUT2D eigenvalue weighted by atomic mass is 15.1. The van der Waals surface area contributed by atoms with E-state index in [1.807, 2.05) is 6.20 Å². The molecule has 0 bridgehead atoms. The zero-order valence-electron chi connectivity index (χ0n) is 15.1. The molecule has 0 aromatic carbocycles. The summed E-state index contributed by atoms with van der Waals surface area (Å²) in [5, 5.41) is 1.25. The standard InChI is InChI=1S/C19H30N2/c1-17(2,3)14-10-13-11-15(18(4,5)6)21(19(7,8)9)16(13)20-12-14/h10-12H,1-9H3. The van der Waals surface area contributed by atoms with Crippen LogP contribution in [0, 0.1) is 0 Å². The van der Waals surface area contributed by atoms with Gasteiger partial charge in [0.2, 0.25) is 0 Å². The molecule has 2 aromatic rings. The molecule has 0 atom stereocenters. The van der Waals surface area contributed by atoms with Crippen LogP contribution in [0.1, 0.15) is 73.6 Å². The number of hydrogen-bond acceptors (Lipinski definition) is 1. The van der Waals surface area contributed by atoms with Crippen molar-refractivity contribution in [3.8, 4) is 0 Å². The lowest BCUT2D eigenvalue weighted by molar-refractivity contribution is 0.369. The van der Waals surface area contributed by atoms with Crippen LogP contribution in [0.4, 0.5) is 0 Å². The van der Waals surface area contributed by atoms with Crippen molar-refractivity contribution in [3.63, 3.8) is 0 Å². The van der Waals surface area contributed by atoms with Gasteiger partial charge in [0, 0.05) is 28.2 Å². The molecule has 0 fully saturated rings. The van der Waals surface area contributed by atoms with Crippen molar-refractivity contribution in [2.45, 2.75) is 78.7 Å². The van der Waals surface area contributed by atoms with Crippen molar-refractivity contribution >= 4 is 11.0 Å². The lowest BCUT2D eigenvalue weighted by Crippen LogP contribution is -2.29. The minimum absolute atomic E-state index is 0.0284. The van der Waals surface area contributed by atoms with Crippen LogP contribution in [-0.2, 0) is 16.4 Å². The van der Waals surface area contributed by atoms with E-state index >= 15 is 0 Å². The van der Waals surface area contributed by atoms with Gasteiger partial charge in [-0.2, -0.15) is 0 Å². The first-order chi connectivity index (χ1) is 9.32. The smallest absolute Gasteiger partial charge is 0.140 e. The number of aromatic nitrogens is 2. The second kappa shape index (κ2) is 4.59. The number of hydrogen-bond donors (Lipinski definition) is 0. The van der Waals surface area contributed by atoms with Crippen molar-refractivity contribution in [2.75, 3.05) is 0 Å². The van der Waals surface area contributed by atoms with Gasteiger partial charge in [-0.3, -0.25) is 0 Å². The predicted octanol–water partition coefficient (Wildman–Crippen LogP) is 5.39. The van der Waals surface area contributed by atoms with Crippen LogP contribution in [-0.4, -0.2) is 9.55 Å². The average molecular weight is 286 g/mol. The second-order valence-corrected chi connectivity index (χ2v) is 9.17. The van der Waals surface area contributed by atoms with Gasteiger partial charge in [-0.25, -0.2) is 4.98 Å². The molecule has 0 aliphatic heterocycles. The minimum Gasteiger partial charge on any atom is -0.324 e. The molecule has 0 spiro atoms. The summed E-state index contributed by atoms with van der Waals surface area (Å²) >= 11 is 0. The lowest BCUT2D eigenvalue weighted by atomic mass is 9.88. The van der Waals surface area contributed by atoms with Crippen molar-refractivity contribution < 1.29 is 0 Å². The topological polar surface area (TPSA) is 17.8 Å². The van der Waals surface area contributed by atoms with Crippen LogP contribution in [0.25, 0.3) is 11.0 Å². The normalized spacial score (nSPS) is 14.0. The van der Waals surface area contributed by atoms with Crippen molar-refractivity contribution in [2.24, 2.45) is 0 Å². The fourth-order valence-electron chi connectivity index (χ4n) is 2.73. The van der Waals surface area contributed by atoms with E-state index in [4.69, 9.17) is 4.98 Å². The summed E-state index contributed by atoms with van der Waals surface area (Å²) in [5.41, 5.74) is 4.01. The Morgan fingerprint density at radius 3 is 1.81 bits per heavy atom. The van der Waals surface area contributed by atoms with Crippen LogP contribution in [0.3, 0.4) is 0 Å². The quantitative estimate of drug-likeness (QED) is 0.635. The van der Waals surface area contributed by atoms with Gasteiger partial charge in [-0.15, -0.1) is 0 Å². The molecule has 0 aliphatic rings. The number of fused-ring (bicyclic) bond motifs is 1. The first-order valence-corrected chi connectivity index (χ1v) is 7.85. The second-order valence-electron chi connectivity index (χ2n) is 9.17. The van der Waals surface area contributed by atoms with Crippen LogP contribution in [0.2, 0.25) is 0 Å². The van der Waals surface area contributed by atoms with E-state index in [0.717, 1.165) is 5.65 Å². The molecular weight excluding hydrogens is 256 g/mol. The van der Waals surface area contributed by atoms with Gasteiger partial charge in [0.1, 0.15) is 5.65 Å². The maximum atomic E-state index is 4.81. The Morgan fingerprint density at radius 2 is 1.38 bits per heavy atom. The van der Waals surface area contributed by atoms with Crippen LogP contribution >= 0.6 is 0 Å². The molecule has 0 saturated carbocycles. The molecule has 116 valence electrons. The Hall–Kier alpha value is -1.31. The summed E-state index contributed by atoms with van der Waals surface area (Å²) < 4.78 is 2.40. The maximum Gasteiger partial charge on any atom is 0.140 e. The largest absolute Gasteiger partial charge is 0.324 e. The van der Waals surface area contributed by atoms with Gasteiger partial charge in [0.05, 0.1) is 0 Å². The molecule has 2 heteroatoms. The first kappa shape index (κ1) is 16.1. The van der Waals surface area contributed by atoms with E-state index in [9.17, 15) is 0 Å². The van der Waals surface area contributed by atoms with Gasteiger partial charge < -0.3 is 4.57 Å². The molecule has 0 radical (unpaired) electrons. The van der Waals surface area contributed by atoms with E-state index in [1.54, 1.807) is 0 Å². The highest BCUT2D eigenvalue weighted by Gasteiger charge is 2.28. The van der Waals surface area contributed by atoms with Crippen LogP contribution in [0.5, 0.6) is 0 Å². The Labute approximate surface area is 129 Å². The Kier molecular flexibility index (Phi) is 3.51. The lowest BCUT2D eigenvalue weighted by Gasteiger charge is -2.30. The van der Waals surface area contributed by atoms with E-state index < -0.39 is 0 Å². The zero-order valence-corrected chi connectivity index (χ0v) is 15.1. The number of rotatable bonds is 0. The molecule has 0 aliphatic carbocycles. The Morgan fingerprint density at radius 1 is 0.810 bits per heavy atom. The van der Waals surface area contributed by atoms with Gasteiger partial charge in [0.25, 0.3) is 0 Å². The number of pyridine rings is 1. The minimum atomic E-state index is 0.0284. The Bertz CT molecular complexity index is 656. The summed E-state index contributed by atoms with van der Waals surface area (Å²) in [6.07, 6.45) is 2.04. The van der Waals surface area contributed by atoms with Crippen molar-refractivity contribution in [1.82, 2.24) is 9.55 Å². The highest BCUT2D eigenvalue weighted by Crippen LogP contribution is 2.35. The van der Waals surface area contributed by atoms with Crippen molar-refractivity contribution in [1.29, 1.82) is 0 Å². The molecule has 0 amide bonds.